The second-order valence-corrected chi connectivity index (χ2v) is 5.38. The fourth-order valence-electron chi connectivity index (χ4n) is 2.83. The molecule has 1 heteroatoms. The Morgan fingerprint density at radius 2 is 1.73 bits per heavy atom. The maximum Gasteiger partial charge on any atom is 0.139 e. The molecule has 0 heterocycles. The molecule has 1 nitrogen and oxygen atoms in total. The number of Topliss-reactive ketones (excluding diaryl/α,β-unsaturated/α-hetero) is 1. The maximum atomic E-state index is 12.2. The van der Waals surface area contributed by atoms with Crippen LogP contribution in [0.4, 0.5) is 0 Å². The number of carbonyl (C=O) groups is 1. The molecule has 0 aromatic rings. The third kappa shape index (κ3) is 3.06. The Morgan fingerprint density at radius 1 is 1.13 bits per heavy atom. The van der Waals surface area contributed by atoms with Crippen LogP contribution >= 0.6 is 0 Å². The van der Waals surface area contributed by atoms with Gasteiger partial charge in [-0.1, -0.05) is 27.7 Å². The van der Waals surface area contributed by atoms with E-state index in [1.54, 1.807) is 0 Å². The van der Waals surface area contributed by atoms with Gasteiger partial charge in [0.1, 0.15) is 5.78 Å². The van der Waals surface area contributed by atoms with Gasteiger partial charge in [-0.2, -0.15) is 0 Å². The van der Waals surface area contributed by atoms with Gasteiger partial charge in [-0.25, -0.2) is 0 Å². The molecule has 1 fully saturated rings. The van der Waals surface area contributed by atoms with Crippen molar-refractivity contribution in [3.8, 4) is 0 Å². The molecular weight excluding hydrogens is 184 g/mol. The lowest BCUT2D eigenvalue weighted by Gasteiger charge is -2.32. The minimum absolute atomic E-state index is 0.329. The highest BCUT2D eigenvalue weighted by Gasteiger charge is 2.31. The number of carbonyl (C=O) groups excluding carboxylic acids is 1. The fourth-order valence-corrected chi connectivity index (χ4v) is 2.83. The molecule has 3 atom stereocenters. The Bertz CT molecular complexity index is 205. The van der Waals surface area contributed by atoms with Gasteiger partial charge in [-0.15, -0.1) is 0 Å². The molecular formula is C14H26O. The minimum atomic E-state index is 0.329. The highest BCUT2D eigenvalue weighted by molar-refractivity contribution is 5.83. The highest BCUT2D eigenvalue weighted by Crippen LogP contribution is 2.35. The first-order valence-electron chi connectivity index (χ1n) is 6.63. The van der Waals surface area contributed by atoms with E-state index in [1.165, 1.54) is 6.42 Å². The summed E-state index contributed by atoms with van der Waals surface area (Å²) in [5.41, 5.74) is 0. The van der Waals surface area contributed by atoms with Crippen molar-refractivity contribution in [3.63, 3.8) is 0 Å². The van der Waals surface area contributed by atoms with Gasteiger partial charge in [0, 0.05) is 11.8 Å². The van der Waals surface area contributed by atoms with Crippen LogP contribution < -0.4 is 0 Å². The first-order chi connectivity index (χ1) is 7.10. The molecule has 1 aliphatic rings. The Balaban J connectivity index is 2.53. The standard InChI is InChI=1S/C14H26O/c1-5-12(6-2)14(15)13-8-7-10(3)11(4)9-13/h10-13H,5-9H2,1-4H3. The van der Waals surface area contributed by atoms with Gasteiger partial charge in [0.2, 0.25) is 0 Å². The Morgan fingerprint density at radius 3 is 2.20 bits per heavy atom. The lowest BCUT2D eigenvalue weighted by Crippen LogP contribution is -2.30. The van der Waals surface area contributed by atoms with Gasteiger partial charge in [0.05, 0.1) is 0 Å². The van der Waals surface area contributed by atoms with Gasteiger partial charge in [0.25, 0.3) is 0 Å². The molecule has 88 valence electrons. The molecule has 15 heavy (non-hydrogen) atoms. The molecule has 1 aliphatic carbocycles. The SMILES string of the molecule is CCC(CC)C(=O)C1CCC(C)C(C)C1. The van der Waals surface area contributed by atoms with Gasteiger partial charge >= 0.3 is 0 Å². The van der Waals surface area contributed by atoms with Gasteiger partial charge in [-0.05, 0) is 43.9 Å². The van der Waals surface area contributed by atoms with Crippen LogP contribution in [0.5, 0.6) is 0 Å². The lowest BCUT2D eigenvalue weighted by atomic mass is 9.72. The third-order valence-electron chi connectivity index (χ3n) is 4.39. The van der Waals surface area contributed by atoms with E-state index < -0.39 is 0 Å². The number of hydrogen-bond donors (Lipinski definition) is 0. The van der Waals surface area contributed by atoms with E-state index >= 15 is 0 Å². The first-order valence-corrected chi connectivity index (χ1v) is 6.63. The van der Waals surface area contributed by atoms with Crippen molar-refractivity contribution in [1.29, 1.82) is 0 Å². The van der Waals surface area contributed by atoms with Crippen LogP contribution in [0.25, 0.3) is 0 Å². The number of ketones is 1. The number of rotatable bonds is 4. The summed E-state index contributed by atoms with van der Waals surface area (Å²) in [5, 5.41) is 0. The smallest absolute Gasteiger partial charge is 0.139 e. The predicted molar refractivity (Wildman–Crippen MR) is 64.7 cm³/mol. The van der Waals surface area contributed by atoms with E-state index in [4.69, 9.17) is 0 Å². The van der Waals surface area contributed by atoms with Crippen molar-refractivity contribution < 1.29 is 4.79 Å². The van der Waals surface area contributed by atoms with Crippen LogP contribution in [0.2, 0.25) is 0 Å². The van der Waals surface area contributed by atoms with Crippen molar-refractivity contribution in [3.05, 3.63) is 0 Å². The Hall–Kier alpha value is -0.330. The molecule has 1 saturated carbocycles. The third-order valence-corrected chi connectivity index (χ3v) is 4.39. The molecule has 0 saturated heterocycles. The zero-order valence-corrected chi connectivity index (χ0v) is 10.8. The summed E-state index contributed by atoms with van der Waals surface area (Å²) in [6.07, 6.45) is 5.57. The normalized spacial score (nSPS) is 31.9. The quantitative estimate of drug-likeness (QED) is 0.683. The molecule has 3 unspecified atom stereocenters. The molecule has 1 rings (SSSR count). The number of hydrogen-bond acceptors (Lipinski definition) is 1. The van der Waals surface area contributed by atoms with Crippen LogP contribution in [-0.2, 0) is 4.79 Å². The van der Waals surface area contributed by atoms with Crippen LogP contribution in [0, 0.1) is 23.7 Å². The van der Waals surface area contributed by atoms with Gasteiger partial charge < -0.3 is 0 Å². The fraction of sp³-hybridized carbons (Fsp3) is 0.929. The summed E-state index contributed by atoms with van der Waals surface area (Å²) in [5.74, 6) is 2.81. The van der Waals surface area contributed by atoms with Crippen molar-refractivity contribution in [2.24, 2.45) is 23.7 Å². The second kappa shape index (κ2) is 5.67. The van der Waals surface area contributed by atoms with E-state index in [-0.39, 0.29) is 0 Å². The van der Waals surface area contributed by atoms with Crippen LogP contribution in [-0.4, -0.2) is 5.78 Å². The van der Waals surface area contributed by atoms with E-state index in [0.717, 1.165) is 37.5 Å². The molecule has 0 radical (unpaired) electrons. The van der Waals surface area contributed by atoms with Crippen LogP contribution in [0.3, 0.4) is 0 Å². The lowest BCUT2D eigenvalue weighted by molar-refractivity contribution is -0.128. The molecule has 0 bridgehead atoms. The van der Waals surface area contributed by atoms with Crippen LogP contribution in [0.15, 0.2) is 0 Å². The predicted octanol–water partition coefficient (Wildman–Crippen LogP) is 4.06. The van der Waals surface area contributed by atoms with E-state index in [9.17, 15) is 4.79 Å². The molecule has 0 aliphatic heterocycles. The molecule has 0 N–H and O–H groups in total. The second-order valence-electron chi connectivity index (χ2n) is 5.38. The largest absolute Gasteiger partial charge is 0.299 e. The van der Waals surface area contributed by atoms with Crippen molar-refractivity contribution >= 4 is 5.78 Å². The summed E-state index contributed by atoms with van der Waals surface area (Å²) in [6, 6.07) is 0. The average molecular weight is 210 g/mol. The summed E-state index contributed by atoms with van der Waals surface area (Å²) in [6.45, 7) is 8.90. The Kier molecular flexibility index (Phi) is 4.82. The molecule has 0 amide bonds. The maximum absolute atomic E-state index is 12.2. The van der Waals surface area contributed by atoms with Crippen molar-refractivity contribution in [2.75, 3.05) is 0 Å². The van der Waals surface area contributed by atoms with E-state index in [2.05, 4.69) is 27.7 Å². The zero-order valence-electron chi connectivity index (χ0n) is 10.8. The zero-order chi connectivity index (χ0) is 11.4. The summed E-state index contributed by atoms with van der Waals surface area (Å²) in [4.78, 5) is 12.2. The van der Waals surface area contributed by atoms with E-state index in [1.807, 2.05) is 0 Å². The summed E-state index contributed by atoms with van der Waals surface area (Å²) in [7, 11) is 0. The van der Waals surface area contributed by atoms with Crippen molar-refractivity contribution in [1.82, 2.24) is 0 Å². The minimum Gasteiger partial charge on any atom is -0.299 e. The van der Waals surface area contributed by atoms with Gasteiger partial charge in [-0.3, -0.25) is 4.79 Å². The van der Waals surface area contributed by atoms with E-state index in [0.29, 0.717) is 17.6 Å². The topological polar surface area (TPSA) is 17.1 Å². The van der Waals surface area contributed by atoms with Crippen LogP contribution in [0.1, 0.15) is 59.8 Å². The average Bonchev–Trinajstić information content (AvgIpc) is 2.23. The summed E-state index contributed by atoms with van der Waals surface area (Å²) < 4.78 is 0. The monoisotopic (exact) mass is 210 g/mol. The Labute approximate surface area is 94.6 Å². The molecule has 0 aromatic carbocycles. The summed E-state index contributed by atoms with van der Waals surface area (Å²) >= 11 is 0. The molecule has 0 aromatic heterocycles. The van der Waals surface area contributed by atoms with Gasteiger partial charge in [0.15, 0.2) is 0 Å². The highest BCUT2D eigenvalue weighted by atomic mass is 16.1. The van der Waals surface area contributed by atoms with Crippen molar-refractivity contribution in [2.45, 2.75) is 59.8 Å². The first kappa shape index (κ1) is 12.7. The molecule has 0 spiro atoms.